The number of aromatic nitrogens is 2. The molecule has 1 aliphatic heterocycles. The van der Waals surface area contributed by atoms with Crippen molar-refractivity contribution in [1.82, 2.24) is 15.3 Å². The summed E-state index contributed by atoms with van der Waals surface area (Å²) in [6, 6.07) is 0. The van der Waals surface area contributed by atoms with Crippen LogP contribution in [0.4, 0.5) is 5.82 Å². The predicted octanol–water partition coefficient (Wildman–Crippen LogP) is 1.74. The van der Waals surface area contributed by atoms with Gasteiger partial charge in [0.2, 0.25) is 0 Å². The molecular weight excluding hydrogens is 212 g/mol. The number of anilines is 1. The first-order chi connectivity index (χ1) is 8.40. The molecule has 0 amide bonds. The van der Waals surface area contributed by atoms with Gasteiger partial charge >= 0.3 is 0 Å². The molecular formula is C13H20N4. The van der Waals surface area contributed by atoms with Crippen molar-refractivity contribution in [1.29, 1.82) is 0 Å². The Morgan fingerprint density at radius 1 is 1.35 bits per heavy atom. The Labute approximate surface area is 103 Å². The molecule has 0 fully saturated rings. The van der Waals surface area contributed by atoms with Crippen molar-refractivity contribution in [2.24, 2.45) is 0 Å². The van der Waals surface area contributed by atoms with Crippen molar-refractivity contribution in [3.63, 3.8) is 0 Å². The highest BCUT2D eigenvalue weighted by molar-refractivity contribution is 5.38. The summed E-state index contributed by atoms with van der Waals surface area (Å²) in [4.78, 5) is 11.2. The molecule has 2 rings (SSSR count). The zero-order valence-electron chi connectivity index (χ0n) is 10.4. The second-order valence-corrected chi connectivity index (χ2v) is 4.25. The van der Waals surface area contributed by atoms with Gasteiger partial charge in [-0.05, 0) is 19.4 Å². The van der Waals surface area contributed by atoms with Gasteiger partial charge in [-0.1, -0.05) is 19.1 Å². The van der Waals surface area contributed by atoms with Crippen molar-refractivity contribution < 1.29 is 0 Å². The molecule has 4 heteroatoms. The van der Waals surface area contributed by atoms with Gasteiger partial charge in [0.1, 0.15) is 5.82 Å². The molecule has 4 nitrogen and oxygen atoms in total. The largest absolute Gasteiger partial charge is 0.351 e. The molecule has 1 aromatic rings. The zero-order chi connectivity index (χ0) is 11.9. The smallest absolute Gasteiger partial charge is 0.147 e. The molecule has 0 aromatic carbocycles. The Morgan fingerprint density at radius 2 is 2.29 bits per heavy atom. The van der Waals surface area contributed by atoms with E-state index in [4.69, 9.17) is 0 Å². The van der Waals surface area contributed by atoms with Crippen molar-refractivity contribution in [3.05, 3.63) is 30.2 Å². The Morgan fingerprint density at radius 3 is 3.06 bits per heavy atom. The molecule has 1 aliphatic rings. The summed E-state index contributed by atoms with van der Waals surface area (Å²) < 4.78 is 0. The van der Waals surface area contributed by atoms with E-state index in [1.165, 1.54) is 0 Å². The van der Waals surface area contributed by atoms with Crippen LogP contribution in [0.5, 0.6) is 0 Å². The van der Waals surface area contributed by atoms with Gasteiger partial charge in [0.05, 0.1) is 11.9 Å². The number of nitrogens with zero attached hydrogens (tertiary/aromatic N) is 3. The number of rotatable bonds is 5. The van der Waals surface area contributed by atoms with Gasteiger partial charge < -0.3 is 10.2 Å². The van der Waals surface area contributed by atoms with E-state index in [-0.39, 0.29) is 0 Å². The molecule has 1 N–H and O–H groups in total. The van der Waals surface area contributed by atoms with E-state index >= 15 is 0 Å². The Balaban J connectivity index is 1.98. The normalized spacial score (nSPS) is 15.2. The molecule has 0 aliphatic carbocycles. The lowest BCUT2D eigenvalue weighted by molar-refractivity contribution is 0.660. The van der Waals surface area contributed by atoms with Crippen LogP contribution in [0.1, 0.15) is 25.5 Å². The van der Waals surface area contributed by atoms with Crippen LogP contribution in [0.25, 0.3) is 0 Å². The van der Waals surface area contributed by atoms with Crippen molar-refractivity contribution >= 4 is 5.82 Å². The lowest BCUT2D eigenvalue weighted by Crippen LogP contribution is -2.28. The minimum atomic E-state index is 0.804. The fraction of sp³-hybridized carbons (Fsp3) is 0.538. The van der Waals surface area contributed by atoms with Crippen molar-refractivity contribution in [2.45, 2.75) is 26.3 Å². The monoisotopic (exact) mass is 232 g/mol. The summed E-state index contributed by atoms with van der Waals surface area (Å²) in [6.07, 6.45) is 10.3. The Kier molecular flexibility index (Phi) is 4.50. The highest BCUT2D eigenvalue weighted by Crippen LogP contribution is 2.13. The Bertz CT molecular complexity index is 375. The van der Waals surface area contributed by atoms with Crippen molar-refractivity contribution in [3.8, 4) is 0 Å². The molecule has 92 valence electrons. The lowest BCUT2D eigenvalue weighted by atomic mass is 10.2. The molecule has 0 saturated carbocycles. The summed E-state index contributed by atoms with van der Waals surface area (Å²) in [5.41, 5.74) is 1.02. The number of hydrogen-bond donors (Lipinski definition) is 1. The van der Waals surface area contributed by atoms with Crippen LogP contribution in [0.2, 0.25) is 0 Å². The van der Waals surface area contributed by atoms with E-state index in [1.807, 2.05) is 12.4 Å². The van der Waals surface area contributed by atoms with Gasteiger partial charge in [0.25, 0.3) is 0 Å². The summed E-state index contributed by atoms with van der Waals surface area (Å²) in [6.45, 7) is 5.98. The minimum absolute atomic E-state index is 0.804. The van der Waals surface area contributed by atoms with Crippen LogP contribution < -0.4 is 10.2 Å². The molecule has 2 heterocycles. The molecule has 17 heavy (non-hydrogen) atoms. The quantitative estimate of drug-likeness (QED) is 0.620. The third-order valence-corrected chi connectivity index (χ3v) is 2.79. The van der Waals surface area contributed by atoms with E-state index in [0.717, 1.165) is 50.5 Å². The van der Waals surface area contributed by atoms with E-state index in [0.29, 0.717) is 0 Å². The van der Waals surface area contributed by atoms with Crippen LogP contribution in [0.15, 0.2) is 24.5 Å². The van der Waals surface area contributed by atoms with Crippen LogP contribution >= 0.6 is 0 Å². The zero-order valence-corrected chi connectivity index (χ0v) is 10.4. The summed E-state index contributed by atoms with van der Waals surface area (Å²) in [5.74, 6) is 0.991. The number of hydrogen-bond acceptors (Lipinski definition) is 4. The molecule has 0 bridgehead atoms. The van der Waals surface area contributed by atoms with Crippen LogP contribution in [0.3, 0.4) is 0 Å². The van der Waals surface area contributed by atoms with Crippen LogP contribution in [-0.4, -0.2) is 29.6 Å². The minimum Gasteiger partial charge on any atom is -0.351 e. The van der Waals surface area contributed by atoms with Crippen molar-refractivity contribution in [2.75, 3.05) is 24.5 Å². The van der Waals surface area contributed by atoms with E-state index in [2.05, 4.69) is 39.3 Å². The average molecular weight is 232 g/mol. The summed E-state index contributed by atoms with van der Waals surface area (Å²) in [7, 11) is 0. The first-order valence-electron chi connectivity index (χ1n) is 6.31. The van der Waals surface area contributed by atoms with Gasteiger partial charge in [0.15, 0.2) is 0 Å². The molecule has 0 atom stereocenters. The maximum atomic E-state index is 4.64. The maximum Gasteiger partial charge on any atom is 0.147 e. The molecule has 0 spiro atoms. The van der Waals surface area contributed by atoms with Crippen LogP contribution in [-0.2, 0) is 6.54 Å². The molecule has 0 radical (unpaired) electrons. The first kappa shape index (κ1) is 12.0. The molecule has 0 unspecified atom stereocenters. The average Bonchev–Trinajstić information content (AvgIpc) is 2.41. The maximum absolute atomic E-state index is 4.64. The van der Waals surface area contributed by atoms with Gasteiger partial charge in [-0.2, -0.15) is 0 Å². The third-order valence-electron chi connectivity index (χ3n) is 2.79. The number of nitrogens with one attached hydrogen (secondary N) is 1. The summed E-state index contributed by atoms with van der Waals surface area (Å²) >= 11 is 0. The highest BCUT2D eigenvalue weighted by atomic mass is 15.2. The first-order valence-corrected chi connectivity index (χ1v) is 6.31. The van der Waals surface area contributed by atoms with Gasteiger partial charge in [0, 0.05) is 25.8 Å². The second-order valence-electron chi connectivity index (χ2n) is 4.25. The second kappa shape index (κ2) is 6.35. The Hall–Kier alpha value is -1.42. The van der Waals surface area contributed by atoms with Gasteiger partial charge in [-0.25, -0.2) is 4.98 Å². The summed E-state index contributed by atoms with van der Waals surface area (Å²) in [5, 5.41) is 3.35. The lowest BCUT2D eigenvalue weighted by Gasteiger charge is -2.24. The predicted molar refractivity (Wildman–Crippen MR) is 70.0 cm³/mol. The SMILES string of the molecule is CCCNCc1cncc(N2CC=CCC2)n1. The standard InChI is InChI=1S/C13H20N4/c1-2-6-14-9-12-10-15-11-13(16-12)17-7-4-3-5-8-17/h3-4,10-11,14H,2,5-9H2,1H3. The fourth-order valence-electron chi connectivity index (χ4n) is 1.87. The molecule has 0 saturated heterocycles. The third kappa shape index (κ3) is 3.53. The van der Waals surface area contributed by atoms with E-state index < -0.39 is 0 Å². The molecule has 1 aromatic heterocycles. The van der Waals surface area contributed by atoms with Gasteiger partial charge in [-0.15, -0.1) is 0 Å². The van der Waals surface area contributed by atoms with E-state index in [1.54, 1.807) is 0 Å². The highest BCUT2D eigenvalue weighted by Gasteiger charge is 2.09. The van der Waals surface area contributed by atoms with E-state index in [9.17, 15) is 0 Å². The van der Waals surface area contributed by atoms with Crippen LogP contribution in [0, 0.1) is 0 Å². The fourth-order valence-corrected chi connectivity index (χ4v) is 1.87. The topological polar surface area (TPSA) is 41.1 Å². The van der Waals surface area contributed by atoms with Gasteiger partial charge in [-0.3, -0.25) is 4.98 Å².